The predicted molar refractivity (Wildman–Crippen MR) is 133 cm³/mol. The monoisotopic (exact) mass is 483 g/mol. The number of amides is 1. The number of benzene rings is 2. The van der Waals surface area contributed by atoms with Gasteiger partial charge in [0.25, 0.3) is 0 Å². The molecule has 7 nitrogen and oxygen atoms in total. The second kappa shape index (κ2) is 11.3. The third kappa shape index (κ3) is 6.01. The number of nitrogens with one attached hydrogen (secondary N) is 2. The summed E-state index contributed by atoms with van der Waals surface area (Å²) in [4.78, 5) is 23.6. The molecule has 2 heterocycles. The predicted octanol–water partition coefficient (Wildman–Crippen LogP) is 5.55. The van der Waals surface area contributed by atoms with Crippen LogP contribution in [0, 0.1) is 5.82 Å². The molecule has 1 aliphatic heterocycles. The topological polar surface area (TPSA) is 79.4 Å². The van der Waals surface area contributed by atoms with Crippen molar-refractivity contribution in [1.29, 1.82) is 0 Å². The van der Waals surface area contributed by atoms with Gasteiger partial charge >= 0.3 is 0 Å². The number of nitrogens with zero attached hydrogens (tertiary/aromatic N) is 3. The quantitative estimate of drug-likeness (QED) is 0.409. The number of likely N-dealkylation sites (tertiary alicyclic amines) is 1. The average molecular weight is 484 g/mol. The van der Waals surface area contributed by atoms with Gasteiger partial charge in [0.1, 0.15) is 23.7 Å². The molecular formula is C25H27ClFN5O2. The van der Waals surface area contributed by atoms with E-state index in [1.54, 1.807) is 24.3 Å². The van der Waals surface area contributed by atoms with E-state index in [-0.39, 0.29) is 10.9 Å². The van der Waals surface area contributed by atoms with Crippen molar-refractivity contribution < 1.29 is 13.9 Å². The van der Waals surface area contributed by atoms with E-state index in [4.69, 9.17) is 16.3 Å². The lowest BCUT2D eigenvalue weighted by molar-refractivity contribution is -0.111. The number of halogens is 2. The molecule has 178 valence electrons. The highest BCUT2D eigenvalue weighted by atomic mass is 35.5. The highest BCUT2D eigenvalue weighted by Gasteiger charge is 2.14. The van der Waals surface area contributed by atoms with Gasteiger partial charge in [-0.25, -0.2) is 14.4 Å². The van der Waals surface area contributed by atoms with Gasteiger partial charge in [-0.05, 0) is 57.1 Å². The van der Waals surface area contributed by atoms with Crippen LogP contribution in [0.3, 0.4) is 0 Å². The number of piperidine rings is 1. The average Bonchev–Trinajstić information content (AvgIpc) is 2.83. The number of rotatable bonds is 8. The Kier molecular flexibility index (Phi) is 7.92. The Morgan fingerprint density at radius 3 is 2.79 bits per heavy atom. The molecular weight excluding hydrogens is 457 g/mol. The van der Waals surface area contributed by atoms with Crippen LogP contribution < -0.4 is 15.4 Å². The molecule has 2 aromatic carbocycles. The minimum Gasteiger partial charge on any atom is -0.492 e. The van der Waals surface area contributed by atoms with Gasteiger partial charge < -0.3 is 15.4 Å². The lowest BCUT2D eigenvalue weighted by Crippen LogP contribution is -2.29. The summed E-state index contributed by atoms with van der Waals surface area (Å²) in [6, 6.07) is 7.86. The standard InChI is InChI=1S/C25H27ClFN5O2/c1-2-34-23-15-21-18(25(29-16-28-21)30-17-8-9-20(27)19(26)13-17)14-22(23)31-24(33)7-6-12-32-10-4-3-5-11-32/h6-9,13-16H,2-5,10-12H2,1H3,(H,31,33)(H,28,29,30). The molecule has 0 spiro atoms. The summed E-state index contributed by atoms with van der Waals surface area (Å²) in [6.45, 7) is 5.20. The molecule has 9 heteroatoms. The summed E-state index contributed by atoms with van der Waals surface area (Å²) in [5.41, 5.74) is 1.72. The number of carbonyl (C=O) groups is 1. The molecule has 2 N–H and O–H groups in total. The van der Waals surface area contributed by atoms with Gasteiger partial charge in [0.15, 0.2) is 0 Å². The van der Waals surface area contributed by atoms with E-state index >= 15 is 0 Å². The maximum absolute atomic E-state index is 13.5. The van der Waals surface area contributed by atoms with E-state index in [2.05, 4.69) is 25.5 Å². The lowest BCUT2D eigenvalue weighted by atomic mass is 10.1. The molecule has 0 saturated carbocycles. The van der Waals surface area contributed by atoms with Gasteiger partial charge in [0.05, 0.1) is 22.8 Å². The highest BCUT2D eigenvalue weighted by molar-refractivity contribution is 6.31. The fraction of sp³-hybridized carbons (Fsp3) is 0.320. The molecule has 4 rings (SSSR count). The Morgan fingerprint density at radius 2 is 2.03 bits per heavy atom. The van der Waals surface area contributed by atoms with E-state index in [0.717, 1.165) is 19.6 Å². The second-order valence-corrected chi connectivity index (χ2v) is 8.43. The largest absolute Gasteiger partial charge is 0.492 e. The maximum atomic E-state index is 13.5. The summed E-state index contributed by atoms with van der Waals surface area (Å²) in [5.74, 6) is 0.266. The SMILES string of the molecule is CCOc1cc2ncnc(Nc3ccc(F)c(Cl)c3)c2cc1NC(=O)C=CCN1CCCCC1. The van der Waals surface area contributed by atoms with Crippen molar-refractivity contribution in [3.8, 4) is 5.75 Å². The molecule has 0 aliphatic carbocycles. The molecule has 1 fully saturated rings. The maximum Gasteiger partial charge on any atom is 0.248 e. The van der Waals surface area contributed by atoms with Crippen LogP contribution in [0.2, 0.25) is 5.02 Å². The van der Waals surface area contributed by atoms with E-state index in [1.807, 2.05) is 13.0 Å². The Labute approximate surface area is 203 Å². The zero-order valence-corrected chi connectivity index (χ0v) is 19.7. The summed E-state index contributed by atoms with van der Waals surface area (Å²) >= 11 is 5.91. The Hall–Kier alpha value is -3.23. The van der Waals surface area contributed by atoms with Gasteiger partial charge in [-0.2, -0.15) is 0 Å². The first-order chi connectivity index (χ1) is 16.5. The zero-order chi connectivity index (χ0) is 23.9. The van der Waals surface area contributed by atoms with Gasteiger partial charge in [0, 0.05) is 29.8 Å². The molecule has 1 saturated heterocycles. The zero-order valence-electron chi connectivity index (χ0n) is 19.0. The molecule has 34 heavy (non-hydrogen) atoms. The molecule has 0 atom stereocenters. The number of carbonyl (C=O) groups excluding carboxylic acids is 1. The Balaban J connectivity index is 1.57. The normalized spacial score (nSPS) is 14.4. The van der Waals surface area contributed by atoms with Crippen LogP contribution in [0.5, 0.6) is 5.75 Å². The molecule has 1 aromatic heterocycles. The second-order valence-electron chi connectivity index (χ2n) is 8.03. The van der Waals surface area contributed by atoms with Crippen LogP contribution in [0.25, 0.3) is 10.9 Å². The van der Waals surface area contributed by atoms with Crippen LogP contribution in [0.1, 0.15) is 26.2 Å². The molecule has 0 bridgehead atoms. The fourth-order valence-corrected chi connectivity index (χ4v) is 4.07. The number of fused-ring (bicyclic) bond motifs is 1. The van der Waals surface area contributed by atoms with E-state index < -0.39 is 5.82 Å². The van der Waals surface area contributed by atoms with Crippen LogP contribution in [0.4, 0.5) is 21.6 Å². The minimum atomic E-state index is -0.501. The van der Waals surface area contributed by atoms with Crippen molar-refractivity contribution in [2.45, 2.75) is 26.2 Å². The third-order valence-electron chi connectivity index (χ3n) is 5.56. The van der Waals surface area contributed by atoms with Gasteiger partial charge in [-0.3, -0.25) is 9.69 Å². The van der Waals surface area contributed by atoms with Crippen molar-refractivity contribution in [1.82, 2.24) is 14.9 Å². The summed E-state index contributed by atoms with van der Waals surface area (Å²) < 4.78 is 19.3. The fourth-order valence-electron chi connectivity index (χ4n) is 3.89. The van der Waals surface area contributed by atoms with Gasteiger partial charge in [-0.1, -0.05) is 24.1 Å². The van der Waals surface area contributed by atoms with Crippen LogP contribution in [-0.2, 0) is 4.79 Å². The van der Waals surface area contributed by atoms with E-state index in [1.165, 1.54) is 37.7 Å². The number of anilines is 3. The van der Waals surface area contributed by atoms with E-state index in [9.17, 15) is 9.18 Å². The Bertz CT molecular complexity index is 1200. The van der Waals surface area contributed by atoms with Crippen molar-refractivity contribution >= 4 is 45.6 Å². The first-order valence-corrected chi connectivity index (χ1v) is 11.7. The van der Waals surface area contributed by atoms with Crippen LogP contribution in [0.15, 0.2) is 48.8 Å². The number of aromatic nitrogens is 2. The van der Waals surface area contributed by atoms with Gasteiger partial charge in [-0.15, -0.1) is 0 Å². The smallest absolute Gasteiger partial charge is 0.248 e. The summed E-state index contributed by atoms with van der Waals surface area (Å²) in [7, 11) is 0. The first-order valence-electron chi connectivity index (χ1n) is 11.4. The summed E-state index contributed by atoms with van der Waals surface area (Å²) in [6.07, 6.45) is 8.55. The van der Waals surface area contributed by atoms with Crippen LogP contribution in [-0.4, -0.2) is 47.0 Å². The highest BCUT2D eigenvalue weighted by Crippen LogP contribution is 2.34. The van der Waals surface area contributed by atoms with Crippen molar-refractivity contribution in [2.75, 3.05) is 36.9 Å². The third-order valence-corrected chi connectivity index (χ3v) is 5.85. The molecule has 0 unspecified atom stereocenters. The minimum absolute atomic E-state index is 0.00582. The van der Waals surface area contributed by atoms with Gasteiger partial charge in [0.2, 0.25) is 5.91 Å². The van der Waals surface area contributed by atoms with Crippen molar-refractivity contribution in [3.63, 3.8) is 0 Å². The Morgan fingerprint density at radius 1 is 1.21 bits per heavy atom. The number of hydrogen-bond donors (Lipinski definition) is 2. The molecule has 0 radical (unpaired) electrons. The van der Waals surface area contributed by atoms with Crippen LogP contribution >= 0.6 is 11.6 Å². The molecule has 1 aliphatic rings. The number of hydrogen-bond acceptors (Lipinski definition) is 6. The van der Waals surface area contributed by atoms with Crippen molar-refractivity contribution in [3.05, 3.63) is 59.7 Å². The van der Waals surface area contributed by atoms with Crippen molar-refractivity contribution in [2.24, 2.45) is 0 Å². The molecule has 3 aromatic rings. The first kappa shape index (κ1) is 23.9. The summed E-state index contributed by atoms with van der Waals surface area (Å²) in [5, 5.41) is 6.72. The number of ether oxygens (including phenoxy) is 1. The molecule has 1 amide bonds. The van der Waals surface area contributed by atoms with E-state index in [0.29, 0.717) is 40.5 Å². The lowest BCUT2D eigenvalue weighted by Gasteiger charge is -2.24.